The molecule has 1 amide bonds. The summed E-state index contributed by atoms with van der Waals surface area (Å²) in [6.07, 6.45) is 3.69. The predicted molar refractivity (Wildman–Crippen MR) is 126 cm³/mol. The Labute approximate surface area is 188 Å². The molecule has 2 aromatic rings. The Kier molecular flexibility index (Phi) is 19.1. The van der Waals surface area contributed by atoms with E-state index in [1.54, 1.807) is 12.1 Å². The molecule has 2 N–H and O–H groups in total. The first-order valence-electron chi connectivity index (χ1n) is 8.95. The number of halogens is 2. The number of anilines is 1. The van der Waals surface area contributed by atoms with Crippen LogP contribution >= 0.6 is 23.2 Å². The second-order valence-electron chi connectivity index (χ2n) is 4.94. The van der Waals surface area contributed by atoms with Gasteiger partial charge in [0.05, 0.1) is 10.0 Å². The van der Waals surface area contributed by atoms with Crippen LogP contribution in [0.25, 0.3) is 6.08 Å². The summed E-state index contributed by atoms with van der Waals surface area (Å²) in [6.45, 7) is 8.38. The van der Waals surface area contributed by atoms with Gasteiger partial charge in [-0.25, -0.2) is 0 Å². The molecule has 0 bridgehead atoms. The minimum atomic E-state index is -0.188. The van der Waals surface area contributed by atoms with Crippen LogP contribution in [0.1, 0.15) is 19.4 Å². The minimum absolute atomic E-state index is 0.0283. The summed E-state index contributed by atoms with van der Waals surface area (Å²) in [6, 6.07) is 12.7. The number of nitrogens with one attached hydrogen (secondary N) is 2. The highest BCUT2D eigenvalue weighted by atomic mass is 35.5. The number of amides is 1. The van der Waals surface area contributed by atoms with E-state index in [9.17, 15) is 4.79 Å². The number of carbonyl (C=O) groups is 3. The van der Waals surface area contributed by atoms with E-state index in [4.69, 9.17) is 37.5 Å². The van der Waals surface area contributed by atoms with E-state index in [-0.39, 0.29) is 12.5 Å². The second kappa shape index (κ2) is 19.5. The maximum Gasteiger partial charge on any atom is 0.258 e. The first-order valence-corrected chi connectivity index (χ1v) is 9.70. The highest BCUT2D eigenvalue weighted by Crippen LogP contribution is 2.23. The van der Waals surface area contributed by atoms with Crippen LogP contribution in [0.2, 0.25) is 10.0 Å². The molecule has 0 aliphatic rings. The second-order valence-corrected chi connectivity index (χ2v) is 5.76. The van der Waals surface area contributed by atoms with Gasteiger partial charge in [-0.15, -0.1) is 0 Å². The Morgan fingerprint density at radius 3 is 2.13 bits per heavy atom. The van der Waals surface area contributed by atoms with Crippen LogP contribution in [0.3, 0.4) is 0 Å². The molecule has 0 fully saturated rings. The lowest BCUT2D eigenvalue weighted by atomic mass is 10.2. The fourth-order valence-electron chi connectivity index (χ4n) is 1.90. The molecule has 0 aliphatic carbocycles. The summed E-state index contributed by atoms with van der Waals surface area (Å²) in [7, 11) is 1.84. The van der Waals surface area contributed by atoms with Gasteiger partial charge in [0.15, 0.2) is 6.61 Å². The number of carbonyl (C=O) groups excluding carboxylic acids is 3. The molecule has 164 valence electrons. The number of ether oxygens (including phenoxy) is 1. The molecule has 8 heteroatoms. The van der Waals surface area contributed by atoms with Gasteiger partial charge in [-0.3, -0.25) is 4.79 Å². The monoisotopic (exact) mass is 454 g/mol. The van der Waals surface area contributed by atoms with Crippen molar-refractivity contribution in [2.75, 3.05) is 25.5 Å². The topological polar surface area (TPSA) is 84.5 Å². The zero-order valence-electron chi connectivity index (χ0n) is 17.4. The van der Waals surface area contributed by atoms with Gasteiger partial charge in [-0.1, -0.05) is 55.3 Å². The third kappa shape index (κ3) is 12.6. The van der Waals surface area contributed by atoms with Gasteiger partial charge in [0.2, 0.25) is 0 Å². The molecule has 0 heterocycles. The molecular formula is C22H28Cl2N2O4. The first kappa shape index (κ1) is 29.4. The summed E-state index contributed by atoms with van der Waals surface area (Å²) in [5, 5.41) is 6.78. The lowest BCUT2D eigenvalue weighted by Crippen LogP contribution is -2.28. The maximum atomic E-state index is 11.7. The molecule has 0 unspecified atom stereocenters. The normalized spacial score (nSPS) is 8.97. The standard InChI is InChI=1S/C18H18Cl2N2O2.C2H6.2CH2O/c1-21-14-5-7-15(8-6-14)24-12-18(23)22-10-2-3-13-4-9-16(19)17(20)11-13;3*1-2/h2-9,11,21H,10,12H2,1H3,(H,22,23);1-2H3;2*1H2/b3-2+;;;. The molecule has 0 radical (unpaired) electrons. The summed E-state index contributed by atoms with van der Waals surface area (Å²) in [5.74, 6) is 0.460. The van der Waals surface area contributed by atoms with Crippen LogP contribution in [0.15, 0.2) is 48.5 Å². The van der Waals surface area contributed by atoms with E-state index in [0.29, 0.717) is 22.3 Å². The molecule has 6 nitrogen and oxygen atoms in total. The van der Waals surface area contributed by atoms with E-state index >= 15 is 0 Å². The maximum absolute atomic E-state index is 11.7. The molecule has 0 saturated carbocycles. The summed E-state index contributed by atoms with van der Waals surface area (Å²) < 4.78 is 5.42. The van der Waals surface area contributed by atoms with Crippen molar-refractivity contribution >= 4 is 54.5 Å². The largest absolute Gasteiger partial charge is 0.484 e. The number of rotatable bonds is 7. The molecule has 0 aliphatic heterocycles. The molecule has 30 heavy (non-hydrogen) atoms. The number of benzene rings is 2. The molecule has 0 aromatic heterocycles. The molecule has 2 rings (SSSR count). The minimum Gasteiger partial charge on any atom is -0.484 e. The average Bonchev–Trinajstić information content (AvgIpc) is 2.82. The SMILES string of the molecule is C=O.C=O.CC.CNc1ccc(OCC(=O)NC/C=C/c2ccc(Cl)c(Cl)c2)cc1. The van der Waals surface area contributed by atoms with Gasteiger partial charge in [0, 0.05) is 19.3 Å². The quantitative estimate of drug-likeness (QED) is 0.621. The van der Waals surface area contributed by atoms with Gasteiger partial charge in [0.25, 0.3) is 5.91 Å². The zero-order valence-corrected chi connectivity index (χ0v) is 18.9. The summed E-state index contributed by atoms with van der Waals surface area (Å²) >= 11 is 11.8. The van der Waals surface area contributed by atoms with Crippen molar-refractivity contribution < 1.29 is 19.1 Å². The van der Waals surface area contributed by atoms with E-state index in [0.717, 1.165) is 11.3 Å². The van der Waals surface area contributed by atoms with E-state index in [2.05, 4.69) is 10.6 Å². The lowest BCUT2D eigenvalue weighted by Gasteiger charge is -2.07. The molecule has 0 atom stereocenters. The van der Waals surface area contributed by atoms with Gasteiger partial charge in [-0.05, 0) is 42.0 Å². The van der Waals surface area contributed by atoms with Gasteiger partial charge < -0.3 is 25.0 Å². The Bertz CT molecular complexity index is 751. The Morgan fingerprint density at radius 1 is 1.00 bits per heavy atom. The predicted octanol–water partition coefficient (Wildman–Crippen LogP) is 4.90. The van der Waals surface area contributed by atoms with Gasteiger partial charge >= 0.3 is 0 Å². The fourth-order valence-corrected chi connectivity index (χ4v) is 2.21. The van der Waals surface area contributed by atoms with Crippen molar-refractivity contribution in [2.24, 2.45) is 0 Å². The number of hydrogen-bond acceptors (Lipinski definition) is 5. The van der Waals surface area contributed by atoms with Crippen LogP contribution in [-0.4, -0.2) is 39.7 Å². The smallest absolute Gasteiger partial charge is 0.258 e. The molecule has 2 aromatic carbocycles. The fraction of sp³-hybridized carbons (Fsp3) is 0.227. The Hall–Kier alpha value is -2.83. The van der Waals surface area contributed by atoms with Gasteiger partial charge in [0.1, 0.15) is 19.3 Å². The van der Waals surface area contributed by atoms with Crippen molar-refractivity contribution in [1.29, 1.82) is 0 Å². The van der Waals surface area contributed by atoms with Crippen molar-refractivity contribution in [3.05, 3.63) is 64.1 Å². The van der Waals surface area contributed by atoms with Gasteiger partial charge in [-0.2, -0.15) is 0 Å². The Balaban J connectivity index is 0. The van der Waals surface area contributed by atoms with Crippen LogP contribution < -0.4 is 15.4 Å². The van der Waals surface area contributed by atoms with Crippen molar-refractivity contribution in [3.63, 3.8) is 0 Å². The van der Waals surface area contributed by atoms with Crippen LogP contribution in [0.5, 0.6) is 5.75 Å². The third-order valence-corrected chi connectivity index (χ3v) is 3.92. The summed E-state index contributed by atoms with van der Waals surface area (Å²) in [5.41, 5.74) is 1.90. The first-order chi connectivity index (χ1) is 14.6. The van der Waals surface area contributed by atoms with Crippen LogP contribution in [-0.2, 0) is 14.4 Å². The van der Waals surface area contributed by atoms with Crippen LogP contribution in [0, 0.1) is 0 Å². The highest BCUT2D eigenvalue weighted by molar-refractivity contribution is 6.42. The third-order valence-electron chi connectivity index (χ3n) is 3.18. The zero-order chi connectivity index (χ0) is 23.4. The summed E-state index contributed by atoms with van der Waals surface area (Å²) in [4.78, 5) is 27.7. The lowest BCUT2D eigenvalue weighted by molar-refractivity contribution is -0.122. The van der Waals surface area contributed by atoms with Crippen molar-refractivity contribution in [1.82, 2.24) is 5.32 Å². The van der Waals surface area contributed by atoms with Crippen molar-refractivity contribution in [3.8, 4) is 5.75 Å². The van der Waals surface area contributed by atoms with Crippen LogP contribution in [0.4, 0.5) is 5.69 Å². The average molecular weight is 455 g/mol. The van der Waals surface area contributed by atoms with E-state index in [1.807, 2.05) is 77.0 Å². The molecule has 0 spiro atoms. The van der Waals surface area contributed by atoms with Crippen molar-refractivity contribution in [2.45, 2.75) is 13.8 Å². The van der Waals surface area contributed by atoms with E-state index < -0.39 is 0 Å². The number of hydrogen-bond donors (Lipinski definition) is 2. The molecular weight excluding hydrogens is 427 g/mol. The highest BCUT2D eigenvalue weighted by Gasteiger charge is 2.01. The molecule has 0 saturated heterocycles. The Morgan fingerprint density at radius 2 is 1.60 bits per heavy atom. The van der Waals surface area contributed by atoms with E-state index in [1.165, 1.54) is 0 Å².